The summed E-state index contributed by atoms with van der Waals surface area (Å²) in [5.74, 6) is -1.81. The first-order valence-electron chi connectivity index (χ1n) is 9.66. The molecule has 0 aromatic heterocycles. The Kier molecular flexibility index (Phi) is 7.64. The average molecular weight is 435 g/mol. The van der Waals surface area contributed by atoms with Gasteiger partial charge in [-0.05, 0) is 54.6 Å². The molecule has 9 heteroatoms. The zero-order valence-corrected chi connectivity index (χ0v) is 17.1. The van der Waals surface area contributed by atoms with E-state index in [1.54, 1.807) is 22.6 Å². The van der Waals surface area contributed by atoms with Crippen LogP contribution in [0.25, 0.3) is 0 Å². The number of rotatable bonds is 6. The molecule has 0 saturated carbocycles. The summed E-state index contributed by atoms with van der Waals surface area (Å²) in [5.41, 5.74) is 0.609. The van der Waals surface area contributed by atoms with E-state index in [1.807, 2.05) is 0 Å². The van der Waals surface area contributed by atoms with Crippen molar-refractivity contribution in [3.8, 4) is 0 Å². The molecule has 1 aliphatic carbocycles. The molecule has 1 saturated heterocycles. The van der Waals surface area contributed by atoms with E-state index < -0.39 is 23.9 Å². The fraction of sp³-hybridized carbons (Fsp3) is 0.333. The van der Waals surface area contributed by atoms with Crippen molar-refractivity contribution in [1.82, 2.24) is 14.7 Å². The van der Waals surface area contributed by atoms with Gasteiger partial charge in [0, 0.05) is 30.8 Å². The van der Waals surface area contributed by atoms with Crippen LogP contribution in [0.3, 0.4) is 0 Å². The molecule has 30 heavy (non-hydrogen) atoms. The molecule has 6 nitrogen and oxygen atoms in total. The molecule has 0 spiro atoms. The molecule has 0 radical (unpaired) electrons. The summed E-state index contributed by atoms with van der Waals surface area (Å²) in [6, 6.07) is 3.85. The highest BCUT2D eigenvalue weighted by Crippen LogP contribution is 2.30. The van der Waals surface area contributed by atoms with E-state index in [4.69, 9.17) is 0 Å². The quantitative estimate of drug-likeness (QED) is 0.656. The van der Waals surface area contributed by atoms with Crippen LogP contribution < -0.4 is 5.32 Å². The first kappa shape index (κ1) is 22.0. The van der Waals surface area contributed by atoms with Crippen LogP contribution in [0.1, 0.15) is 24.8 Å². The van der Waals surface area contributed by atoms with Gasteiger partial charge in [-0.15, -0.1) is 0 Å². The van der Waals surface area contributed by atoms with Gasteiger partial charge in [-0.2, -0.15) is 4.41 Å². The molecular weight excluding hydrogens is 412 g/mol. The van der Waals surface area contributed by atoms with Crippen LogP contribution in [0, 0.1) is 5.82 Å². The molecule has 0 unspecified atom stereocenters. The summed E-state index contributed by atoms with van der Waals surface area (Å²) in [6.45, 7) is 1.06. The molecule has 160 valence electrons. The summed E-state index contributed by atoms with van der Waals surface area (Å²) in [7, 11) is 0. The molecule has 1 aromatic rings. The van der Waals surface area contributed by atoms with Crippen LogP contribution in [0.15, 0.2) is 59.3 Å². The molecule has 1 fully saturated rings. The predicted molar refractivity (Wildman–Crippen MR) is 111 cm³/mol. The number of carboxylic acids is 1. The third-order valence-electron chi connectivity index (χ3n) is 4.67. The topological polar surface area (TPSA) is 72.9 Å². The lowest BCUT2D eigenvalue weighted by molar-refractivity contribution is -0.139. The predicted octanol–water partition coefficient (Wildman–Crippen LogP) is 4.19. The Morgan fingerprint density at radius 3 is 2.63 bits per heavy atom. The Bertz CT molecular complexity index is 871. The largest absolute Gasteiger partial charge is 0.480 e. The molecule has 0 bridgehead atoms. The second-order valence-electron chi connectivity index (χ2n) is 6.95. The standard InChI is InChI=1S/C21H23F2N3O3S/c22-16-4-3-5-18(11-10-16)30-26-13-2-1-12-25(26)21(29)24-19(20(27)28)14-15-6-8-17(23)9-7-15/h3-9,11,19H,1-2,10,12-14H2,(H,24,29)(H,27,28)/t19-/m0/s1. The molecule has 2 N–H and O–H groups in total. The number of amides is 2. The van der Waals surface area contributed by atoms with E-state index in [9.17, 15) is 23.5 Å². The Morgan fingerprint density at radius 2 is 1.90 bits per heavy atom. The van der Waals surface area contributed by atoms with Crippen LogP contribution in [-0.2, 0) is 11.2 Å². The lowest BCUT2D eigenvalue weighted by Gasteiger charge is -2.38. The first-order valence-corrected chi connectivity index (χ1v) is 10.4. The number of aliphatic carboxylic acids is 1. The van der Waals surface area contributed by atoms with Gasteiger partial charge in [0.25, 0.3) is 0 Å². The molecular formula is C21H23F2N3O3S. The number of hydrogen-bond acceptors (Lipinski definition) is 4. The van der Waals surface area contributed by atoms with E-state index >= 15 is 0 Å². The van der Waals surface area contributed by atoms with Gasteiger partial charge in [0.15, 0.2) is 0 Å². The van der Waals surface area contributed by atoms with E-state index in [-0.39, 0.29) is 18.7 Å². The number of nitrogens with one attached hydrogen (secondary N) is 1. The number of carbonyl (C=O) groups excluding carboxylic acids is 1. The Morgan fingerprint density at radius 1 is 1.17 bits per heavy atom. The summed E-state index contributed by atoms with van der Waals surface area (Å²) in [4.78, 5) is 25.3. The van der Waals surface area contributed by atoms with Crippen LogP contribution in [0.5, 0.6) is 0 Å². The maximum atomic E-state index is 13.4. The van der Waals surface area contributed by atoms with Crippen molar-refractivity contribution >= 4 is 23.9 Å². The highest BCUT2D eigenvalue weighted by atomic mass is 32.2. The lowest BCUT2D eigenvalue weighted by atomic mass is 10.1. The Labute approximate surface area is 178 Å². The first-order chi connectivity index (χ1) is 14.4. The number of halogens is 2. The van der Waals surface area contributed by atoms with Crippen LogP contribution >= 0.6 is 11.9 Å². The fourth-order valence-corrected chi connectivity index (χ4v) is 4.10. The van der Waals surface area contributed by atoms with Crippen molar-refractivity contribution in [1.29, 1.82) is 0 Å². The molecule has 3 rings (SSSR count). The number of hydrogen-bond donors (Lipinski definition) is 2. The number of allylic oxidation sites excluding steroid dienone is 5. The van der Waals surface area contributed by atoms with E-state index in [1.165, 1.54) is 47.3 Å². The third kappa shape index (κ3) is 6.17. The molecule has 2 aliphatic rings. The molecule has 2 amide bonds. The summed E-state index contributed by atoms with van der Waals surface area (Å²) in [6.07, 6.45) is 8.46. The highest BCUT2D eigenvalue weighted by molar-refractivity contribution is 8.01. The van der Waals surface area contributed by atoms with Crippen molar-refractivity contribution in [2.75, 3.05) is 13.1 Å². The second kappa shape index (κ2) is 10.4. The van der Waals surface area contributed by atoms with Gasteiger partial charge < -0.3 is 10.4 Å². The van der Waals surface area contributed by atoms with E-state index in [0.29, 0.717) is 18.7 Å². The number of carboxylic acid groups (broad SMARTS) is 1. The summed E-state index contributed by atoms with van der Waals surface area (Å²) in [5, 5.41) is 13.6. The van der Waals surface area contributed by atoms with Gasteiger partial charge >= 0.3 is 12.0 Å². The smallest absolute Gasteiger partial charge is 0.333 e. The normalized spacial score (nSPS) is 18.3. The van der Waals surface area contributed by atoms with Crippen molar-refractivity contribution in [3.05, 3.63) is 70.7 Å². The minimum absolute atomic E-state index is 0.0428. The number of nitrogens with zero attached hydrogens (tertiary/aromatic N) is 2. The molecule has 1 heterocycles. The van der Waals surface area contributed by atoms with Gasteiger partial charge in [-0.1, -0.05) is 24.3 Å². The Balaban J connectivity index is 1.66. The van der Waals surface area contributed by atoms with Crippen molar-refractivity contribution in [2.24, 2.45) is 0 Å². The van der Waals surface area contributed by atoms with Gasteiger partial charge in [0.1, 0.15) is 17.7 Å². The second-order valence-corrected chi connectivity index (χ2v) is 8.03. The summed E-state index contributed by atoms with van der Waals surface area (Å²) < 4.78 is 28.3. The zero-order valence-electron chi connectivity index (χ0n) is 16.3. The SMILES string of the molecule is O=C(O)[C@H](Cc1ccc(F)cc1)NC(=O)N1CCCCN1SC1=CCC(F)=CC=C1. The van der Waals surface area contributed by atoms with Gasteiger partial charge in [0.2, 0.25) is 0 Å². The van der Waals surface area contributed by atoms with Gasteiger partial charge in [0.05, 0.1) is 0 Å². The van der Waals surface area contributed by atoms with Crippen molar-refractivity contribution < 1.29 is 23.5 Å². The van der Waals surface area contributed by atoms with Crippen molar-refractivity contribution in [2.45, 2.75) is 31.7 Å². The third-order valence-corrected chi connectivity index (χ3v) is 5.77. The average Bonchev–Trinajstić information content (AvgIpc) is 2.93. The molecule has 1 aliphatic heterocycles. The highest BCUT2D eigenvalue weighted by Gasteiger charge is 2.29. The monoisotopic (exact) mass is 435 g/mol. The Hall–Kier alpha value is -2.65. The number of carbonyl (C=O) groups is 2. The minimum Gasteiger partial charge on any atom is -0.480 e. The number of benzene rings is 1. The van der Waals surface area contributed by atoms with E-state index in [2.05, 4.69) is 5.32 Å². The molecule has 1 aromatic carbocycles. The maximum absolute atomic E-state index is 13.4. The summed E-state index contributed by atoms with van der Waals surface area (Å²) >= 11 is 1.32. The van der Waals surface area contributed by atoms with Crippen LogP contribution in [0.2, 0.25) is 0 Å². The zero-order chi connectivity index (χ0) is 21.5. The number of hydrazine groups is 1. The van der Waals surface area contributed by atoms with Crippen LogP contribution in [0.4, 0.5) is 13.6 Å². The lowest BCUT2D eigenvalue weighted by Crippen LogP contribution is -2.55. The van der Waals surface area contributed by atoms with Gasteiger partial charge in [-0.3, -0.25) is 0 Å². The maximum Gasteiger partial charge on any atom is 0.333 e. The minimum atomic E-state index is -1.17. The van der Waals surface area contributed by atoms with E-state index in [0.717, 1.165) is 17.7 Å². The van der Waals surface area contributed by atoms with Crippen molar-refractivity contribution in [3.63, 3.8) is 0 Å². The number of urea groups is 1. The molecule has 1 atom stereocenters. The van der Waals surface area contributed by atoms with Crippen LogP contribution in [-0.4, -0.2) is 45.7 Å². The fourth-order valence-electron chi connectivity index (χ4n) is 3.09. The van der Waals surface area contributed by atoms with Gasteiger partial charge in [-0.25, -0.2) is 23.4 Å².